The summed E-state index contributed by atoms with van der Waals surface area (Å²) in [5.74, 6) is -0.178. The Morgan fingerprint density at radius 1 is 1.14 bits per heavy atom. The zero-order chi connectivity index (χ0) is 20.6. The first-order chi connectivity index (χ1) is 13.8. The van der Waals surface area contributed by atoms with Gasteiger partial charge in [-0.15, -0.1) is 0 Å². The normalized spacial score (nSPS) is 17.2. The van der Waals surface area contributed by atoms with Gasteiger partial charge in [0, 0.05) is 18.5 Å². The highest BCUT2D eigenvalue weighted by atomic mass is 19.4. The number of amides is 1. The number of rotatable bonds is 4. The molecule has 29 heavy (non-hydrogen) atoms. The van der Waals surface area contributed by atoms with E-state index in [1.807, 2.05) is 0 Å². The number of benzene rings is 2. The Morgan fingerprint density at radius 2 is 1.90 bits per heavy atom. The minimum absolute atomic E-state index is 0.117. The average Bonchev–Trinajstić information content (AvgIpc) is 3.29. The highest BCUT2D eigenvalue weighted by Crippen LogP contribution is 2.35. The van der Waals surface area contributed by atoms with Crippen molar-refractivity contribution in [2.75, 3.05) is 0 Å². The molecule has 1 unspecified atom stereocenters. The Kier molecular flexibility index (Phi) is 4.81. The van der Waals surface area contributed by atoms with Gasteiger partial charge < -0.3 is 9.42 Å². The summed E-state index contributed by atoms with van der Waals surface area (Å²) in [4.78, 5) is 18.1. The van der Waals surface area contributed by atoms with Crippen molar-refractivity contribution in [1.29, 1.82) is 0 Å². The molecule has 0 spiro atoms. The smallest absolute Gasteiger partial charge is 0.337 e. The Hall–Kier alpha value is -3.23. The third kappa shape index (κ3) is 3.98. The fraction of sp³-hybridized carbons (Fsp3) is 0.250. The molecule has 0 bridgehead atoms. The minimum atomic E-state index is -4.43. The second kappa shape index (κ2) is 7.31. The molecule has 3 aromatic rings. The molecule has 5 nitrogen and oxygen atoms in total. The van der Waals surface area contributed by atoms with Crippen molar-refractivity contribution in [3.05, 3.63) is 71.4 Å². The summed E-state index contributed by atoms with van der Waals surface area (Å²) in [5, 5.41) is 3.84. The maximum atomic E-state index is 13.4. The zero-order valence-electron chi connectivity index (χ0n) is 15.0. The van der Waals surface area contributed by atoms with E-state index in [1.54, 1.807) is 17.0 Å². The van der Waals surface area contributed by atoms with Gasteiger partial charge >= 0.3 is 6.18 Å². The van der Waals surface area contributed by atoms with Crippen LogP contribution in [0.4, 0.5) is 17.6 Å². The highest BCUT2D eigenvalue weighted by molar-refractivity contribution is 5.78. The van der Waals surface area contributed by atoms with Crippen molar-refractivity contribution >= 4 is 5.91 Å². The van der Waals surface area contributed by atoms with Gasteiger partial charge in [-0.25, -0.2) is 4.39 Å². The molecule has 1 fully saturated rings. The maximum Gasteiger partial charge on any atom is 0.416 e. The van der Waals surface area contributed by atoms with E-state index in [4.69, 9.17) is 4.52 Å². The molecule has 1 aromatic heterocycles. The third-order valence-electron chi connectivity index (χ3n) is 4.77. The van der Waals surface area contributed by atoms with Crippen molar-refractivity contribution in [1.82, 2.24) is 15.0 Å². The van der Waals surface area contributed by atoms with Gasteiger partial charge in [0.15, 0.2) is 0 Å². The molecule has 1 saturated heterocycles. The monoisotopic (exact) mass is 405 g/mol. The molecule has 0 N–H and O–H groups in total. The molecule has 4 rings (SSSR count). The summed E-state index contributed by atoms with van der Waals surface area (Å²) in [7, 11) is 0. The Labute approximate surface area is 162 Å². The second-order valence-corrected chi connectivity index (χ2v) is 6.74. The van der Waals surface area contributed by atoms with Crippen molar-refractivity contribution < 1.29 is 26.9 Å². The van der Waals surface area contributed by atoms with Crippen LogP contribution in [-0.4, -0.2) is 20.9 Å². The lowest BCUT2D eigenvalue weighted by molar-refractivity contribution is -0.137. The fourth-order valence-electron chi connectivity index (χ4n) is 3.32. The van der Waals surface area contributed by atoms with E-state index in [1.165, 1.54) is 24.3 Å². The Morgan fingerprint density at radius 3 is 2.59 bits per heavy atom. The maximum absolute atomic E-state index is 13.4. The van der Waals surface area contributed by atoms with Crippen LogP contribution in [0.15, 0.2) is 53.1 Å². The third-order valence-corrected chi connectivity index (χ3v) is 4.77. The zero-order valence-corrected chi connectivity index (χ0v) is 15.0. The molecule has 9 heteroatoms. The number of aromatic nitrogens is 2. The van der Waals surface area contributed by atoms with Crippen molar-refractivity contribution in [2.24, 2.45) is 0 Å². The number of carbonyl (C=O) groups excluding carboxylic acids is 1. The second-order valence-electron chi connectivity index (χ2n) is 6.74. The number of nitrogens with zero attached hydrogens (tertiary/aromatic N) is 3. The number of alkyl halides is 3. The standard InChI is InChI=1S/C20H15F4N3O2/c21-15-3-1-2-12(10-15)11-27-16(8-9-17(27)28)19-25-18(26-29-19)13-4-6-14(7-5-13)20(22,23)24/h1-7,10,16H,8-9,11H2. The molecule has 0 aliphatic carbocycles. The van der Waals surface area contributed by atoms with Crippen LogP contribution in [-0.2, 0) is 17.5 Å². The predicted octanol–water partition coefficient (Wildman–Crippen LogP) is 4.76. The van der Waals surface area contributed by atoms with E-state index in [2.05, 4.69) is 10.1 Å². The van der Waals surface area contributed by atoms with Crippen LogP contribution in [0.5, 0.6) is 0 Å². The summed E-state index contributed by atoms with van der Waals surface area (Å²) in [5.41, 5.74) is 0.231. The van der Waals surface area contributed by atoms with E-state index in [9.17, 15) is 22.4 Å². The van der Waals surface area contributed by atoms with Crippen molar-refractivity contribution in [3.63, 3.8) is 0 Å². The quantitative estimate of drug-likeness (QED) is 0.588. The average molecular weight is 405 g/mol. The van der Waals surface area contributed by atoms with E-state index < -0.39 is 23.6 Å². The topological polar surface area (TPSA) is 59.2 Å². The van der Waals surface area contributed by atoms with Gasteiger partial charge in [0.25, 0.3) is 0 Å². The lowest BCUT2D eigenvalue weighted by Crippen LogP contribution is -2.27. The van der Waals surface area contributed by atoms with Crippen LogP contribution >= 0.6 is 0 Å². The van der Waals surface area contributed by atoms with Crippen LogP contribution in [0.2, 0.25) is 0 Å². The molecule has 1 aliphatic rings. The van der Waals surface area contributed by atoms with Gasteiger partial charge in [-0.05, 0) is 36.2 Å². The van der Waals surface area contributed by atoms with E-state index in [-0.39, 0.29) is 30.6 Å². The Bertz CT molecular complexity index is 1030. The first kappa shape index (κ1) is 19.1. The molecular weight excluding hydrogens is 390 g/mol. The SMILES string of the molecule is O=C1CCC(c2nc(-c3ccc(C(F)(F)F)cc3)no2)N1Cc1cccc(F)c1. The summed E-state index contributed by atoms with van der Waals surface area (Å²) in [6.07, 6.45) is -3.68. The molecule has 1 atom stereocenters. The van der Waals surface area contributed by atoms with Crippen LogP contribution in [0.1, 0.15) is 35.9 Å². The number of hydrogen-bond acceptors (Lipinski definition) is 4. The largest absolute Gasteiger partial charge is 0.416 e. The number of likely N-dealkylation sites (tertiary alicyclic amines) is 1. The van der Waals surface area contributed by atoms with Gasteiger partial charge in [0.2, 0.25) is 17.6 Å². The summed E-state index contributed by atoms with van der Waals surface area (Å²) in [6, 6.07) is 9.90. The first-order valence-corrected chi connectivity index (χ1v) is 8.86. The van der Waals surface area contributed by atoms with Crippen molar-refractivity contribution in [3.8, 4) is 11.4 Å². The van der Waals surface area contributed by atoms with Gasteiger partial charge in [-0.1, -0.05) is 29.4 Å². The summed E-state index contributed by atoms with van der Waals surface area (Å²) >= 11 is 0. The van der Waals surface area contributed by atoms with Gasteiger partial charge in [0.1, 0.15) is 11.9 Å². The number of hydrogen-bond donors (Lipinski definition) is 0. The lowest BCUT2D eigenvalue weighted by atomic mass is 10.1. The fourth-order valence-corrected chi connectivity index (χ4v) is 3.32. The first-order valence-electron chi connectivity index (χ1n) is 8.86. The minimum Gasteiger partial charge on any atom is -0.337 e. The highest BCUT2D eigenvalue weighted by Gasteiger charge is 2.36. The van der Waals surface area contributed by atoms with Crippen LogP contribution in [0, 0.1) is 5.82 Å². The molecule has 1 aliphatic heterocycles. The lowest BCUT2D eigenvalue weighted by Gasteiger charge is -2.22. The molecular formula is C20H15F4N3O2. The molecule has 0 radical (unpaired) electrons. The van der Waals surface area contributed by atoms with Gasteiger partial charge in [0.05, 0.1) is 5.56 Å². The van der Waals surface area contributed by atoms with Crippen molar-refractivity contribution in [2.45, 2.75) is 31.6 Å². The van der Waals surface area contributed by atoms with Gasteiger partial charge in [-0.3, -0.25) is 4.79 Å². The molecule has 2 heterocycles. The number of carbonyl (C=O) groups is 1. The Balaban J connectivity index is 1.55. The summed E-state index contributed by atoms with van der Waals surface area (Å²) in [6.45, 7) is 0.194. The molecule has 1 amide bonds. The molecule has 0 saturated carbocycles. The predicted molar refractivity (Wildman–Crippen MR) is 93.7 cm³/mol. The molecule has 150 valence electrons. The van der Waals surface area contributed by atoms with E-state index in [0.29, 0.717) is 17.5 Å². The van der Waals surface area contributed by atoms with E-state index in [0.717, 1.165) is 12.1 Å². The van der Waals surface area contributed by atoms with E-state index >= 15 is 0 Å². The molecule has 2 aromatic carbocycles. The van der Waals surface area contributed by atoms with Crippen LogP contribution in [0.25, 0.3) is 11.4 Å². The summed E-state index contributed by atoms with van der Waals surface area (Å²) < 4.78 is 56.8. The van der Waals surface area contributed by atoms with Crippen LogP contribution in [0.3, 0.4) is 0 Å². The van der Waals surface area contributed by atoms with Gasteiger partial charge in [-0.2, -0.15) is 18.2 Å². The number of halogens is 4. The van der Waals surface area contributed by atoms with Crippen LogP contribution < -0.4 is 0 Å².